The van der Waals surface area contributed by atoms with Crippen LogP contribution in [0.25, 0.3) is 6.08 Å². The molecule has 0 spiro atoms. The third kappa shape index (κ3) is 4.77. The van der Waals surface area contributed by atoms with Crippen molar-refractivity contribution in [3.8, 4) is 11.5 Å². The molecule has 9 heteroatoms. The van der Waals surface area contributed by atoms with E-state index in [-0.39, 0.29) is 22.4 Å². The van der Waals surface area contributed by atoms with Gasteiger partial charge in [-0.05, 0) is 106 Å². The zero-order valence-corrected chi connectivity index (χ0v) is 21.6. The monoisotopic (exact) mass is 513 g/mol. The number of benzene rings is 1. The first-order valence-electron chi connectivity index (χ1n) is 12.5. The van der Waals surface area contributed by atoms with E-state index >= 15 is 0 Å². The van der Waals surface area contributed by atoms with E-state index in [1.807, 2.05) is 0 Å². The minimum atomic E-state index is -0.639. The van der Waals surface area contributed by atoms with E-state index in [2.05, 4.69) is 0 Å². The molecule has 1 heterocycles. The summed E-state index contributed by atoms with van der Waals surface area (Å²) in [4.78, 5) is 51.4. The highest BCUT2D eigenvalue weighted by molar-refractivity contribution is 8.18. The number of hydrogen-bond acceptors (Lipinski definition) is 8. The fourth-order valence-corrected chi connectivity index (χ4v) is 7.48. The van der Waals surface area contributed by atoms with E-state index in [4.69, 9.17) is 14.2 Å². The van der Waals surface area contributed by atoms with Gasteiger partial charge < -0.3 is 14.2 Å². The van der Waals surface area contributed by atoms with Crippen LogP contribution in [0.15, 0.2) is 23.1 Å². The van der Waals surface area contributed by atoms with Gasteiger partial charge in [-0.25, -0.2) is 0 Å². The van der Waals surface area contributed by atoms with Gasteiger partial charge in [0.2, 0.25) is 0 Å². The van der Waals surface area contributed by atoms with Crippen molar-refractivity contribution < 1.29 is 33.4 Å². The predicted molar refractivity (Wildman–Crippen MR) is 133 cm³/mol. The lowest BCUT2D eigenvalue weighted by Gasteiger charge is -2.55. The number of hydrogen-bond donors (Lipinski definition) is 0. The van der Waals surface area contributed by atoms with E-state index in [0.717, 1.165) is 35.9 Å². The zero-order chi connectivity index (χ0) is 25.6. The van der Waals surface area contributed by atoms with Crippen molar-refractivity contribution in [2.45, 2.75) is 58.5 Å². The minimum Gasteiger partial charge on any atom is -0.493 e. The van der Waals surface area contributed by atoms with Crippen molar-refractivity contribution in [3.63, 3.8) is 0 Å². The Morgan fingerprint density at radius 1 is 1.08 bits per heavy atom. The van der Waals surface area contributed by atoms with Crippen LogP contribution in [0.2, 0.25) is 0 Å². The van der Waals surface area contributed by atoms with Crippen LogP contribution in [-0.4, -0.2) is 47.7 Å². The van der Waals surface area contributed by atoms with Gasteiger partial charge in [0.05, 0.1) is 23.5 Å². The molecule has 4 saturated carbocycles. The molecule has 0 unspecified atom stereocenters. The molecule has 36 heavy (non-hydrogen) atoms. The van der Waals surface area contributed by atoms with E-state index in [1.165, 1.54) is 26.4 Å². The summed E-state index contributed by atoms with van der Waals surface area (Å²) in [7, 11) is 1.50. The Morgan fingerprint density at radius 2 is 1.72 bits per heavy atom. The molecule has 1 aromatic rings. The average Bonchev–Trinajstić information content (AvgIpc) is 3.05. The summed E-state index contributed by atoms with van der Waals surface area (Å²) in [5.41, 5.74) is 0.227. The van der Waals surface area contributed by atoms with Gasteiger partial charge in [0, 0.05) is 0 Å². The van der Waals surface area contributed by atoms with Crippen LogP contribution in [0.1, 0.15) is 57.9 Å². The summed E-state index contributed by atoms with van der Waals surface area (Å²) in [6.07, 6.45) is 7.71. The second-order valence-electron chi connectivity index (χ2n) is 10.8. The first-order chi connectivity index (χ1) is 17.2. The number of methoxy groups -OCH3 is 1. The number of carbonyl (C=O) groups is 4. The van der Waals surface area contributed by atoms with E-state index in [9.17, 15) is 19.2 Å². The van der Waals surface area contributed by atoms with Crippen molar-refractivity contribution in [1.29, 1.82) is 0 Å². The summed E-state index contributed by atoms with van der Waals surface area (Å²) >= 11 is 0.762. The van der Waals surface area contributed by atoms with Gasteiger partial charge >= 0.3 is 11.9 Å². The molecule has 192 valence electrons. The first kappa shape index (κ1) is 24.9. The fraction of sp³-hybridized carbons (Fsp3) is 0.556. The lowest BCUT2D eigenvalue weighted by atomic mass is 9.49. The molecular weight excluding hydrogens is 482 g/mol. The topological polar surface area (TPSA) is 99.2 Å². The summed E-state index contributed by atoms with van der Waals surface area (Å²) in [5, 5.41) is -0.528. The van der Waals surface area contributed by atoms with Gasteiger partial charge in [0.1, 0.15) is 6.54 Å². The van der Waals surface area contributed by atoms with Crippen LogP contribution in [0.4, 0.5) is 4.79 Å². The Labute approximate surface area is 214 Å². The number of rotatable bonds is 7. The standard InChI is InChI=1S/C27H31NO7S/c1-15(2)34-23(29)14-28-24(30)22(36-26(28)32)10-16-4-5-20(21(9-16)33-3)35-25(31)27-11-17-6-18(12-27)8-19(7-17)13-27/h4-5,9-10,15,17-19H,6-8,11-14H2,1-3H3/b22-10+. The number of amides is 2. The van der Waals surface area contributed by atoms with Gasteiger partial charge in [-0.1, -0.05) is 6.07 Å². The lowest BCUT2D eigenvalue weighted by molar-refractivity contribution is -0.161. The first-order valence-corrected chi connectivity index (χ1v) is 13.3. The highest BCUT2D eigenvalue weighted by Gasteiger charge is 2.55. The number of thioether (sulfide) groups is 1. The van der Waals surface area contributed by atoms with Crippen molar-refractivity contribution in [3.05, 3.63) is 28.7 Å². The maximum atomic E-state index is 13.3. The van der Waals surface area contributed by atoms with Crippen molar-refractivity contribution in [2.24, 2.45) is 23.2 Å². The number of imide groups is 1. The molecule has 5 fully saturated rings. The summed E-state index contributed by atoms with van der Waals surface area (Å²) < 4.78 is 16.4. The van der Waals surface area contributed by atoms with Crippen LogP contribution in [0.3, 0.4) is 0 Å². The highest BCUT2D eigenvalue weighted by Crippen LogP contribution is 2.60. The Kier molecular flexibility index (Phi) is 6.61. The molecule has 0 aromatic heterocycles. The predicted octanol–water partition coefficient (Wildman–Crippen LogP) is 4.80. The Bertz CT molecular complexity index is 1110. The van der Waals surface area contributed by atoms with Crippen LogP contribution in [-0.2, 0) is 19.1 Å². The Morgan fingerprint density at radius 3 is 2.31 bits per heavy atom. The Balaban J connectivity index is 1.29. The van der Waals surface area contributed by atoms with Gasteiger partial charge in [0.15, 0.2) is 11.5 Å². The van der Waals surface area contributed by atoms with Gasteiger partial charge in [-0.2, -0.15) is 0 Å². The van der Waals surface area contributed by atoms with E-state index < -0.39 is 23.7 Å². The highest BCUT2D eigenvalue weighted by atomic mass is 32.2. The van der Waals surface area contributed by atoms with Crippen molar-refractivity contribution >= 4 is 40.9 Å². The number of esters is 2. The van der Waals surface area contributed by atoms with Gasteiger partial charge in [0.25, 0.3) is 11.1 Å². The van der Waals surface area contributed by atoms with Crippen LogP contribution in [0.5, 0.6) is 11.5 Å². The smallest absolute Gasteiger partial charge is 0.326 e. The summed E-state index contributed by atoms with van der Waals surface area (Å²) in [6.45, 7) is 2.97. The molecule has 0 N–H and O–H groups in total. The van der Waals surface area contributed by atoms with Crippen LogP contribution in [0, 0.1) is 23.2 Å². The molecule has 2 amide bonds. The fourth-order valence-electron chi connectivity index (χ4n) is 6.64. The average molecular weight is 514 g/mol. The van der Waals surface area contributed by atoms with Crippen LogP contribution >= 0.6 is 11.8 Å². The van der Waals surface area contributed by atoms with E-state index in [0.29, 0.717) is 34.8 Å². The van der Waals surface area contributed by atoms with Crippen molar-refractivity contribution in [1.82, 2.24) is 4.90 Å². The maximum Gasteiger partial charge on any atom is 0.326 e. The van der Waals surface area contributed by atoms with Crippen LogP contribution < -0.4 is 9.47 Å². The molecular formula is C27H31NO7S. The maximum absolute atomic E-state index is 13.3. The molecule has 1 saturated heterocycles. The quantitative estimate of drug-likeness (QED) is 0.291. The second-order valence-corrected chi connectivity index (χ2v) is 11.8. The molecule has 4 aliphatic carbocycles. The molecule has 0 radical (unpaired) electrons. The number of carbonyl (C=O) groups excluding carboxylic acids is 4. The SMILES string of the molecule is COc1cc(/C=C2/SC(=O)N(CC(=O)OC(C)C)C2=O)ccc1OC(=O)C12CC3CC(CC(C3)C1)C2. The third-order valence-electron chi connectivity index (χ3n) is 7.69. The minimum absolute atomic E-state index is 0.165. The third-order valence-corrected chi connectivity index (χ3v) is 8.59. The molecule has 6 rings (SSSR count). The second kappa shape index (κ2) is 9.57. The largest absolute Gasteiger partial charge is 0.493 e. The Hall–Kier alpha value is -2.81. The molecule has 1 aliphatic heterocycles. The normalized spacial score (nSPS) is 29.8. The summed E-state index contributed by atoms with van der Waals surface area (Å²) in [5.74, 6) is 1.27. The molecule has 1 aromatic carbocycles. The molecule has 4 bridgehead atoms. The number of nitrogens with zero attached hydrogens (tertiary/aromatic N) is 1. The molecule has 5 aliphatic rings. The lowest BCUT2D eigenvalue weighted by Crippen LogP contribution is -2.51. The summed E-state index contributed by atoms with van der Waals surface area (Å²) in [6, 6.07) is 5.04. The van der Waals surface area contributed by atoms with Gasteiger partial charge in [-0.3, -0.25) is 24.1 Å². The molecule has 0 atom stereocenters. The number of ether oxygens (including phenoxy) is 3. The van der Waals surface area contributed by atoms with Crippen molar-refractivity contribution in [2.75, 3.05) is 13.7 Å². The molecule has 8 nitrogen and oxygen atoms in total. The van der Waals surface area contributed by atoms with E-state index in [1.54, 1.807) is 38.1 Å². The van der Waals surface area contributed by atoms with Gasteiger partial charge in [-0.15, -0.1) is 0 Å². The zero-order valence-electron chi connectivity index (χ0n) is 20.8.